The Morgan fingerprint density at radius 2 is 1.87 bits per heavy atom. The number of halogens is 1. The van der Waals surface area contributed by atoms with Gasteiger partial charge in [0.2, 0.25) is 0 Å². The summed E-state index contributed by atoms with van der Waals surface area (Å²) < 4.78 is 15.0. The van der Waals surface area contributed by atoms with Crippen molar-refractivity contribution in [2.75, 3.05) is 0 Å². The molecule has 0 spiro atoms. The quantitative estimate of drug-likeness (QED) is 0.745. The average Bonchev–Trinajstić information content (AvgIpc) is 2.76. The van der Waals surface area contributed by atoms with Crippen LogP contribution < -0.4 is 0 Å². The number of rotatable bonds is 0. The summed E-state index contributed by atoms with van der Waals surface area (Å²) >= 11 is 0. The Bertz CT molecular complexity index is 561. The van der Waals surface area contributed by atoms with Crippen LogP contribution in [0.1, 0.15) is 58.8 Å². The lowest BCUT2D eigenvalue weighted by atomic mass is 9.44. The predicted octanol–water partition coefficient (Wildman–Crippen LogP) is 3.09. The van der Waals surface area contributed by atoms with Gasteiger partial charge in [0.1, 0.15) is 17.7 Å². The van der Waals surface area contributed by atoms with Gasteiger partial charge in [-0.3, -0.25) is 9.59 Å². The number of fused-ring (bicyclic) bond motifs is 5. The van der Waals surface area contributed by atoms with Crippen molar-refractivity contribution in [3.8, 4) is 0 Å². The van der Waals surface area contributed by atoms with Gasteiger partial charge in [-0.1, -0.05) is 13.8 Å². The molecule has 4 aliphatic rings. The highest BCUT2D eigenvalue weighted by molar-refractivity contribution is 5.95. The third kappa shape index (κ3) is 1.96. The third-order valence-corrected chi connectivity index (χ3v) is 8.00. The topological polar surface area (TPSA) is 54.4 Å². The zero-order chi connectivity index (χ0) is 16.6. The van der Waals surface area contributed by atoms with Crippen LogP contribution in [0, 0.1) is 34.5 Å². The van der Waals surface area contributed by atoms with Gasteiger partial charge < -0.3 is 5.11 Å². The van der Waals surface area contributed by atoms with Gasteiger partial charge in [0.15, 0.2) is 0 Å². The van der Waals surface area contributed by atoms with Crippen LogP contribution in [0.2, 0.25) is 0 Å². The molecule has 1 N–H and O–H groups in total. The van der Waals surface area contributed by atoms with E-state index >= 15 is 4.39 Å². The number of hydrogen-bond acceptors (Lipinski definition) is 3. The molecule has 0 amide bonds. The molecule has 128 valence electrons. The lowest BCUT2D eigenvalue weighted by molar-refractivity contribution is -0.171. The van der Waals surface area contributed by atoms with E-state index in [0.717, 1.165) is 12.8 Å². The van der Waals surface area contributed by atoms with E-state index in [-0.39, 0.29) is 40.7 Å². The lowest BCUT2D eigenvalue weighted by Gasteiger charge is -2.59. The summed E-state index contributed by atoms with van der Waals surface area (Å²) in [5.74, 6) is 0.240. The van der Waals surface area contributed by atoms with Crippen molar-refractivity contribution in [1.29, 1.82) is 0 Å². The maximum Gasteiger partial charge on any atom is 0.139 e. The fraction of sp³-hybridized carbons (Fsp3) is 0.895. The van der Waals surface area contributed by atoms with Crippen LogP contribution in [-0.2, 0) is 9.59 Å². The second-order valence-corrected chi connectivity index (χ2v) is 9.06. The van der Waals surface area contributed by atoms with E-state index in [0.29, 0.717) is 32.1 Å². The maximum atomic E-state index is 15.0. The monoisotopic (exact) mass is 322 g/mol. The summed E-state index contributed by atoms with van der Waals surface area (Å²) in [6.45, 7) is 4.01. The Hall–Kier alpha value is -0.770. The molecule has 0 heterocycles. The van der Waals surface area contributed by atoms with Crippen LogP contribution in [0.25, 0.3) is 0 Å². The molecule has 0 aromatic rings. The minimum Gasteiger partial charge on any atom is -0.393 e. The summed E-state index contributed by atoms with van der Waals surface area (Å²) in [6, 6.07) is 0. The summed E-state index contributed by atoms with van der Waals surface area (Å²) in [6.07, 6.45) is 2.60. The highest BCUT2D eigenvalue weighted by Crippen LogP contribution is 2.64. The van der Waals surface area contributed by atoms with E-state index in [1.54, 1.807) is 0 Å². The molecule has 0 radical (unpaired) electrons. The Labute approximate surface area is 137 Å². The Morgan fingerprint density at radius 3 is 2.61 bits per heavy atom. The molecular formula is C19H27FO3. The Morgan fingerprint density at radius 1 is 1.13 bits per heavy atom. The van der Waals surface area contributed by atoms with E-state index in [1.807, 2.05) is 6.92 Å². The molecule has 8 atom stereocenters. The number of hydrogen-bond donors (Lipinski definition) is 1. The molecule has 0 unspecified atom stereocenters. The highest BCUT2D eigenvalue weighted by Gasteiger charge is 2.65. The third-order valence-electron chi connectivity index (χ3n) is 8.00. The molecule has 0 bridgehead atoms. The number of alkyl halides is 1. The molecule has 0 aliphatic heterocycles. The van der Waals surface area contributed by atoms with Crippen LogP contribution in [0.5, 0.6) is 0 Å². The molecule has 3 nitrogen and oxygen atoms in total. The SMILES string of the molecule is C[C@]12CC[C@H](O)C[C@@H]1[C@@H](F)C[C@@H]1[C@@H]2C(=O)C[C@]2(C)C(=O)CC[C@@H]12. The van der Waals surface area contributed by atoms with Crippen LogP contribution in [0.15, 0.2) is 0 Å². The molecule has 4 rings (SSSR count). The molecule has 4 fully saturated rings. The normalized spacial score (nSPS) is 56.0. The van der Waals surface area contributed by atoms with Crippen LogP contribution >= 0.6 is 0 Å². The predicted molar refractivity (Wildman–Crippen MR) is 83.4 cm³/mol. The zero-order valence-corrected chi connectivity index (χ0v) is 14.1. The zero-order valence-electron chi connectivity index (χ0n) is 14.1. The number of aliphatic hydroxyl groups excluding tert-OH is 1. The number of carbonyl (C=O) groups excluding carboxylic acids is 2. The van der Waals surface area contributed by atoms with E-state index in [1.165, 1.54) is 0 Å². The van der Waals surface area contributed by atoms with Crippen molar-refractivity contribution >= 4 is 11.6 Å². The number of ketones is 2. The molecule has 4 aliphatic carbocycles. The van der Waals surface area contributed by atoms with Crippen LogP contribution in [0.3, 0.4) is 0 Å². The van der Waals surface area contributed by atoms with Gasteiger partial charge in [-0.25, -0.2) is 4.39 Å². The van der Waals surface area contributed by atoms with Crippen LogP contribution in [-0.4, -0.2) is 28.9 Å². The number of Topliss-reactive ketones (excluding diaryl/α,β-unsaturated/α-hetero) is 2. The smallest absolute Gasteiger partial charge is 0.139 e. The van der Waals surface area contributed by atoms with E-state index in [4.69, 9.17) is 0 Å². The summed E-state index contributed by atoms with van der Waals surface area (Å²) in [4.78, 5) is 25.4. The van der Waals surface area contributed by atoms with Crippen molar-refractivity contribution < 1.29 is 19.1 Å². The van der Waals surface area contributed by atoms with E-state index in [2.05, 4.69) is 6.92 Å². The van der Waals surface area contributed by atoms with Gasteiger partial charge in [0, 0.05) is 24.2 Å². The van der Waals surface area contributed by atoms with E-state index in [9.17, 15) is 14.7 Å². The molecular weight excluding hydrogens is 295 g/mol. The fourth-order valence-electron chi connectivity index (χ4n) is 6.83. The van der Waals surface area contributed by atoms with Gasteiger partial charge in [0.05, 0.1) is 6.10 Å². The number of aliphatic hydroxyl groups is 1. The molecule has 4 saturated carbocycles. The first-order valence-corrected chi connectivity index (χ1v) is 9.15. The minimum atomic E-state index is -0.956. The van der Waals surface area contributed by atoms with Gasteiger partial charge in [-0.2, -0.15) is 0 Å². The first-order valence-electron chi connectivity index (χ1n) is 9.15. The fourth-order valence-corrected chi connectivity index (χ4v) is 6.83. The Kier molecular flexibility index (Phi) is 3.33. The second kappa shape index (κ2) is 4.87. The van der Waals surface area contributed by atoms with Crippen molar-refractivity contribution in [1.82, 2.24) is 0 Å². The van der Waals surface area contributed by atoms with E-state index < -0.39 is 17.7 Å². The molecule has 0 saturated heterocycles. The summed E-state index contributed by atoms with van der Waals surface area (Å²) in [5, 5.41) is 9.97. The highest BCUT2D eigenvalue weighted by atomic mass is 19.1. The van der Waals surface area contributed by atoms with Crippen LogP contribution in [0.4, 0.5) is 4.39 Å². The first kappa shape index (κ1) is 15.7. The van der Waals surface area contributed by atoms with Crippen molar-refractivity contribution in [3.63, 3.8) is 0 Å². The first-order chi connectivity index (χ1) is 10.8. The van der Waals surface area contributed by atoms with Crippen molar-refractivity contribution in [3.05, 3.63) is 0 Å². The van der Waals surface area contributed by atoms with Crippen molar-refractivity contribution in [2.45, 2.75) is 71.1 Å². The molecule has 0 aromatic carbocycles. The van der Waals surface area contributed by atoms with Crippen molar-refractivity contribution in [2.24, 2.45) is 34.5 Å². The maximum absolute atomic E-state index is 15.0. The number of carbonyl (C=O) groups is 2. The molecule has 0 aromatic heterocycles. The lowest BCUT2D eigenvalue weighted by Crippen LogP contribution is -2.60. The van der Waals surface area contributed by atoms with Gasteiger partial charge in [-0.05, 0) is 55.3 Å². The van der Waals surface area contributed by atoms with Gasteiger partial charge >= 0.3 is 0 Å². The Balaban J connectivity index is 1.74. The standard InChI is InChI=1S/C19H27FO3/c1-18-6-5-10(21)7-13(18)14(20)8-11-12-3-4-16(23)19(12,2)9-15(22)17(11)18/h10-14,17,21H,3-9H2,1-2H3/t10-,11-,12-,13+,14-,17+,18-,19-/m0/s1. The molecule has 4 heteroatoms. The average molecular weight is 322 g/mol. The summed E-state index contributed by atoms with van der Waals surface area (Å²) in [5.41, 5.74) is -0.888. The largest absolute Gasteiger partial charge is 0.393 e. The second-order valence-electron chi connectivity index (χ2n) is 9.06. The molecule has 23 heavy (non-hydrogen) atoms. The van der Waals surface area contributed by atoms with Gasteiger partial charge in [0.25, 0.3) is 0 Å². The minimum absolute atomic E-state index is 0.0131. The van der Waals surface area contributed by atoms with Gasteiger partial charge in [-0.15, -0.1) is 0 Å². The summed E-state index contributed by atoms with van der Waals surface area (Å²) in [7, 11) is 0.